The average Bonchev–Trinajstić information content (AvgIpc) is 1.67. The Kier molecular flexibility index (Phi) is 25.0. The second-order valence-electron chi connectivity index (χ2n) is 30.4. The number of carbonyl (C=O) groups excluding carboxylic acids is 5. The number of imidazole rings is 3. The predicted octanol–water partition coefficient (Wildman–Crippen LogP) is 11.7. The maximum Gasteiger partial charge on any atom is 0.414 e. The number of methoxy groups -OCH3 is 4. The maximum absolute atomic E-state index is 13.0. The fraction of sp³-hybridized carbons (Fsp3) is 0.530. The lowest BCUT2D eigenvalue weighted by Gasteiger charge is -2.34. The first-order valence-electron chi connectivity index (χ1n) is 39.3. The van der Waals surface area contributed by atoms with E-state index in [9.17, 15) is 28.8 Å². The van der Waals surface area contributed by atoms with Crippen LogP contribution in [0.1, 0.15) is 144 Å². The number of ketones is 1. The van der Waals surface area contributed by atoms with Gasteiger partial charge >= 0.3 is 18.3 Å². The summed E-state index contributed by atoms with van der Waals surface area (Å²) in [7, 11) is 8.29. The molecule has 2 saturated carbocycles. The van der Waals surface area contributed by atoms with Crippen LogP contribution in [0.4, 0.5) is 31.4 Å². The predicted molar refractivity (Wildman–Crippen MR) is 421 cm³/mol. The number of amides is 4. The SMILES string of the molecule is COC(=O)N1c2ccc3c(nc(CC4CCC(OC)CC4)n3C3CCC(C(C)=O)CC3)c2CC[C@@H]1C.COC(=O)N1c2ccc3c(nc(CCn4ccccc4=O)n3CC(=O)NCCc3ccccn3)c2CC[C@@H]1C.COC(=O)N1c2ccc3c(nc(CCn4cccn4)n3CCN3CCN(C)CC3)c2CC[C@@H]1C. The summed E-state index contributed by atoms with van der Waals surface area (Å²) in [6.07, 6.45) is 23.2. The summed E-state index contributed by atoms with van der Waals surface area (Å²) in [5.41, 5.74) is 12.7. The van der Waals surface area contributed by atoms with Gasteiger partial charge in [-0.3, -0.25) is 43.6 Å². The molecule has 0 spiro atoms. The number of nitrogens with zero attached hydrogens (tertiary/aromatic N) is 15. The summed E-state index contributed by atoms with van der Waals surface area (Å²) >= 11 is 0. The number of piperazine rings is 1. The highest BCUT2D eigenvalue weighted by molar-refractivity contribution is 5.98. The number of hydrogen-bond donors (Lipinski definition) is 1. The molecule has 580 valence electrons. The number of nitrogens with one attached hydrogen (secondary N) is 1. The van der Waals surface area contributed by atoms with Crippen LogP contribution in [0.5, 0.6) is 0 Å². The molecule has 15 rings (SSSR count). The van der Waals surface area contributed by atoms with Crippen LogP contribution in [0.15, 0.2) is 108 Å². The number of likely N-dealkylation sites (N-methyl/N-ethyl adjacent to an activating group) is 1. The third-order valence-corrected chi connectivity index (χ3v) is 23.6. The summed E-state index contributed by atoms with van der Waals surface area (Å²) in [6, 6.07) is 25.6. The number of rotatable bonds is 19. The van der Waals surface area contributed by atoms with Crippen molar-refractivity contribution in [3.63, 3.8) is 0 Å². The summed E-state index contributed by atoms with van der Waals surface area (Å²) in [5.74, 6) is 3.97. The molecule has 0 bridgehead atoms. The number of aryl methyl sites for hydroxylation is 7. The van der Waals surface area contributed by atoms with Gasteiger partial charge in [0, 0.05) is 175 Å². The van der Waals surface area contributed by atoms with Crippen LogP contribution in [-0.4, -0.2) is 187 Å². The first-order chi connectivity index (χ1) is 52.9. The van der Waals surface area contributed by atoms with Crippen molar-refractivity contribution in [2.24, 2.45) is 11.8 Å². The van der Waals surface area contributed by atoms with Crippen LogP contribution < -0.4 is 25.6 Å². The smallest absolute Gasteiger partial charge is 0.414 e. The van der Waals surface area contributed by atoms with Gasteiger partial charge in [-0.15, -0.1) is 0 Å². The molecule has 6 aromatic heterocycles. The number of hydrogen-bond acceptors (Lipinski definition) is 17. The van der Waals surface area contributed by atoms with E-state index in [2.05, 4.69) is 79.5 Å². The fourth-order valence-electron chi connectivity index (χ4n) is 17.4. The summed E-state index contributed by atoms with van der Waals surface area (Å²) in [5, 5.41) is 7.36. The topological polar surface area (TPSA) is 257 Å². The van der Waals surface area contributed by atoms with Gasteiger partial charge in [-0.1, -0.05) is 12.1 Å². The van der Waals surface area contributed by atoms with Gasteiger partial charge in [0.2, 0.25) is 5.91 Å². The number of anilines is 3. The van der Waals surface area contributed by atoms with E-state index in [1.165, 1.54) is 51.6 Å². The molecule has 0 unspecified atom stereocenters. The van der Waals surface area contributed by atoms with E-state index in [1.807, 2.05) is 78.1 Å². The average molecular weight is 1490 g/mol. The largest absolute Gasteiger partial charge is 0.452 e. The molecule has 10 heterocycles. The van der Waals surface area contributed by atoms with Crippen molar-refractivity contribution in [3.8, 4) is 0 Å². The molecule has 1 saturated heterocycles. The van der Waals surface area contributed by atoms with Crippen molar-refractivity contribution in [3.05, 3.63) is 154 Å². The molecule has 3 aromatic carbocycles. The second-order valence-corrected chi connectivity index (χ2v) is 30.4. The number of ether oxygens (including phenoxy) is 4. The van der Waals surface area contributed by atoms with Crippen LogP contribution in [0, 0.1) is 11.8 Å². The minimum absolute atomic E-state index is 0.00112. The van der Waals surface area contributed by atoms with Crippen LogP contribution >= 0.6 is 0 Å². The quantitative estimate of drug-likeness (QED) is 0.0738. The van der Waals surface area contributed by atoms with E-state index >= 15 is 0 Å². The van der Waals surface area contributed by atoms with E-state index in [4.69, 9.17) is 33.9 Å². The van der Waals surface area contributed by atoms with Gasteiger partial charge in [-0.05, 0) is 191 Å². The molecule has 6 aliphatic rings. The van der Waals surface area contributed by atoms with Crippen molar-refractivity contribution >= 4 is 80.1 Å². The molecule has 9 aromatic rings. The molecule has 0 radical (unpaired) electrons. The van der Waals surface area contributed by atoms with E-state index in [0.717, 1.165) is 209 Å². The Morgan fingerprint density at radius 2 is 1.08 bits per heavy atom. The van der Waals surface area contributed by atoms with Gasteiger partial charge < -0.3 is 47.4 Å². The lowest BCUT2D eigenvalue weighted by atomic mass is 9.83. The summed E-state index contributed by atoms with van der Waals surface area (Å²) in [4.78, 5) is 105. The normalized spacial score (nSPS) is 20.8. The number of pyridine rings is 2. The van der Waals surface area contributed by atoms with Gasteiger partial charge in [0.15, 0.2) is 0 Å². The molecule has 2 aliphatic carbocycles. The molecule has 4 amide bonds. The third-order valence-electron chi connectivity index (χ3n) is 23.6. The van der Waals surface area contributed by atoms with Gasteiger partial charge in [0.05, 0.1) is 77.6 Å². The molecule has 109 heavy (non-hydrogen) atoms. The number of Topliss-reactive ketones (excluding diaryl/α,β-unsaturated/α-hetero) is 1. The van der Waals surface area contributed by atoms with Gasteiger partial charge in [-0.25, -0.2) is 29.3 Å². The highest BCUT2D eigenvalue weighted by Crippen LogP contribution is 2.43. The van der Waals surface area contributed by atoms with Crippen molar-refractivity contribution in [1.82, 2.24) is 63.1 Å². The monoisotopic (exact) mass is 1490 g/mol. The Morgan fingerprint density at radius 1 is 0.532 bits per heavy atom. The number of benzene rings is 3. The highest BCUT2D eigenvalue weighted by atomic mass is 16.6. The Morgan fingerprint density at radius 3 is 1.62 bits per heavy atom. The zero-order chi connectivity index (χ0) is 76.4. The van der Waals surface area contributed by atoms with E-state index in [0.29, 0.717) is 55.6 Å². The summed E-state index contributed by atoms with van der Waals surface area (Å²) < 4.78 is 31.3. The van der Waals surface area contributed by atoms with Crippen LogP contribution in [0.3, 0.4) is 0 Å². The molecule has 3 fully saturated rings. The maximum atomic E-state index is 13.0. The first kappa shape index (κ1) is 77.4. The molecular formula is C83H108N16O10. The Balaban J connectivity index is 0.000000144. The third kappa shape index (κ3) is 17.3. The molecule has 26 heteroatoms. The highest BCUT2D eigenvalue weighted by Gasteiger charge is 2.37. The molecule has 1 N–H and O–H groups in total. The van der Waals surface area contributed by atoms with Crippen molar-refractivity contribution in [2.75, 3.05) is 89.5 Å². The first-order valence-corrected chi connectivity index (χ1v) is 39.3. The zero-order valence-corrected chi connectivity index (χ0v) is 64.9. The Bertz CT molecular complexity index is 4710. The van der Waals surface area contributed by atoms with Crippen molar-refractivity contribution in [1.29, 1.82) is 0 Å². The second kappa shape index (κ2) is 35.3. The zero-order valence-electron chi connectivity index (χ0n) is 64.9. The Hall–Kier alpha value is -9.79. The molecule has 3 atom stereocenters. The van der Waals surface area contributed by atoms with E-state index in [-0.39, 0.29) is 54.2 Å². The number of carbonyl (C=O) groups is 5. The minimum Gasteiger partial charge on any atom is -0.452 e. The van der Waals surface area contributed by atoms with Crippen LogP contribution in [0.25, 0.3) is 33.1 Å². The van der Waals surface area contributed by atoms with Crippen molar-refractivity contribution in [2.45, 2.75) is 200 Å². The minimum atomic E-state index is -0.404. The van der Waals surface area contributed by atoms with Gasteiger partial charge in [0.25, 0.3) is 5.56 Å². The lowest BCUT2D eigenvalue weighted by Crippen LogP contribution is -2.45. The van der Waals surface area contributed by atoms with Crippen molar-refractivity contribution < 1.29 is 42.9 Å². The van der Waals surface area contributed by atoms with Crippen LogP contribution in [0.2, 0.25) is 0 Å². The standard InChI is InChI=1S/C29H32N6O4.C29H41N3O4.C25H35N7O2/c1-20-9-10-22-23(35(20)29(38)39-2)11-12-24-28(22)32-25(14-18-33-17-6-4-8-27(33)37)34(24)19-26(36)31-16-13-21-7-3-5-15-30-21;1-18-5-14-24-25(31(18)29(34)36-4)15-16-26-28(24)30-27(17-20-6-12-23(35-3)13-7-20)32(26)22-10-8-21(9-11-22)19(2)33;1-19-5-6-20-21(32(19)25(33)34-3)7-8-22-24(20)27-23(9-12-30-11-4-10-26-30)31(22)18-17-29-15-13-28(2)14-16-29/h3-8,11-12,15,17,20H,9-10,13-14,16,18-19H2,1-2H3,(H,31,36);15-16,18,20-23H,5-14,17H2,1-4H3;4,7-8,10-11,19H,5-6,9,12-18H2,1-3H3/t20-;18-,20?,21?,22?,23?;19-/m000/s1. The van der Waals surface area contributed by atoms with Crippen LogP contribution in [-0.2, 0) is 99.7 Å². The molecule has 26 nitrogen and oxygen atoms in total. The fourth-order valence-corrected chi connectivity index (χ4v) is 17.4. The number of fused-ring (bicyclic) bond motifs is 9. The molecular weight excluding hydrogens is 1380 g/mol. The Labute approximate surface area is 638 Å². The van der Waals surface area contributed by atoms with Gasteiger partial charge in [0.1, 0.15) is 29.8 Å². The van der Waals surface area contributed by atoms with E-state index in [1.54, 1.807) is 44.7 Å². The van der Waals surface area contributed by atoms with Gasteiger partial charge in [-0.2, -0.15) is 5.10 Å². The van der Waals surface area contributed by atoms with E-state index < -0.39 is 6.09 Å². The lowest BCUT2D eigenvalue weighted by molar-refractivity contribution is -0.122. The number of aromatic nitrogens is 10. The molecule has 4 aliphatic heterocycles. The summed E-state index contributed by atoms with van der Waals surface area (Å²) in [6.45, 7) is 16.0.